The van der Waals surface area contributed by atoms with Crippen molar-refractivity contribution >= 4 is 22.5 Å². The Morgan fingerprint density at radius 3 is 2.55 bits per heavy atom. The maximum atomic E-state index is 6.14. The SMILES string of the molecule is COCCOCCOCCn1ccc2c(Cl)cccc21. The summed E-state index contributed by atoms with van der Waals surface area (Å²) in [5, 5.41) is 1.87. The zero-order valence-electron chi connectivity index (χ0n) is 11.7. The molecule has 1 aromatic carbocycles. The van der Waals surface area contributed by atoms with Gasteiger partial charge in [-0.1, -0.05) is 17.7 Å². The predicted molar refractivity (Wildman–Crippen MR) is 80.5 cm³/mol. The van der Waals surface area contributed by atoms with E-state index in [-0.39, 0.29) is 0 Å². The summed E-state index contributed by atoms with van der Waals surface area (Å²) < 4.78 is 17.9. The van der Waals surface area contributed by atoms with Crippen LogP contribution < -0.4 is 0 Å². The number of benzene rings is 1. The van der Waals surface area contributed by atoms with Gasteiger partial charge in [0.05, 0.1) is 33.0 Å². The molecule has 1 heterocycles. The Morgan fingerprint density at radius 1 is 1.00 bits per heavy atom. The second kappa shape index (κ2) is 8.27. The van der Waals surface area contributed by atoms with Crippen LogP contribution in [0.1, 0.15) is 0 Å². The number of methoxy groups -OCH3 is 1. The maximum Gasteiger partial charge on any atom is 0.0701 e. The molecule has 0 bridgehead atoms. The first-order valence-corrected chi connectivity index (χ1v) is 7.08. The quantitative estimate of drug-likeness (QED) is 0.667. The molecule has 110 valence electrons. The molecule has 0 N–H and O–H groups in total. The molecule has 0 fully saturated rings. The molecule has 4 nitrogen and oxygen atoms in total. The number of nitrogens with zero attached hydrogens (tertiary/aromatic N) is 1. The summed E-state index contributed by atoms with van der Waals surface area (Å²) >= 11 is 6.14. The average Bonchev–Trinajstić information content (AvgIpc) is 2.87. The van der Waals surface area contributed by atoms with Gasteiger partial charge in [-0.25, -0.2) is 0 Å². The molecular weight excluding hydrogens is 278 g/mol. The van der Waals surface area contributed by atoms with Crippen LogP contribution in [0.3, 0.4) is 0 Å². The van der Waals surface area contributed by atoms with Crippen molar-refractivity contribution in [3.05, 3.63) is 35.5 Å². The Hall–Kier alpha value is -1.07. The van der Waals surface area contributed by atoms with E-state index in [2.05, 4.69) is 10.6 Å². The number of rotatable bonds is 9. The first-order valence-electron chi connectivity index (χ1n) is 6.70. The highest BCUT2D eigenvalue weighted by atomic mass is 35.5. The monoisotopic (exact) mass is 297 g/mol. The zero-order valence-corrected chi connectivity index (χ0v) is 12.4. The number of fused-ring (bicyclic) bond motifs is 1. The molecule has 0 saturated carbocycles. The number of hydrogen-bond acceptors (Lipinski definition) is 3. The standard InChI is InChI=1S/C15H20ClNO3/c1-18-9-10-20-12-11-19-8-7-17-6-5-13-14(16)3-2-4-15(13)17/h2-6H,7-12H2,1H3. The van der Waals surface area contributed by atoms with Gasteiger partial charge in [-0.05, 0) is 18.2 Å². The first-order chi connectivity index (χ1) is 9.83. The van der Waals surface area contributed by atoms with Crippen molar-refractivity contribution in [3.63, 3.8) is 0 Å². The van der Waals surface area contributed by atoms with E-state index in [0.29, 0.717) is 33.0 Å². The van der Waals surface area contributed by atoms with Gasteiger partial charge >= 0.3 is 0 Å². The molecule has 0 unspecified atom stereocenters. The molecule has 0 amide bonds. The minimum Gasteiger partial charge on any atom is -0.382 e. The fourth-order valence-electron chi connectivity index (χ4n) is 2.01. The molecule has 0 spiro atoms. The molecule has 0 radical (unpaired) electrons. The second-order valence-corrected chi connectivity index (χ2v) is 4.81. The van der Waals surface area contributed by atoms with Crippen LogP contribution in [0.25, 0.3) is 10.9 Å². The average molecular weight is 298 g/mol. The van der Waals surface area contributed by atoms with Crippen molar-refractivity contribution in [3.8, 4) is 0 Å². The van der Waals surface area contributed by atoms with Crippen LogP contribution >= 0.6 is 11.6 Å². The number of ether oxygens (including phenoxy) is 3. The molecule has 0 aliphatic heterocycles. The Bertz CT molecular complexity index is 527. The summed E-state index contributed by atoms with van der Waals surface area (Å²) in [4.78, 5) is 0. The van der Waals surface area contributed by atoms with Gasteiger partial charge in [-0.2, -0.15) is 0 Å². The largest absolute Gasteiger partial charge is 0.382 e. The van der Waals surface area contributed by atoms with Gasteiger partial charge in [0, 0.05) is 35.8 Å². The molecule has 0 saturated heterocycles. The van der Waals surface area contributed by atoms with Gasteiger partial charge in [0.2, 0.25) is 0 Å². The fraction of sp³-hybridized carbons (Fsp3) is 0.467. The lowest BCUT2D eigenvalue weighted by Gasteiger charge is -2.07. The highest BCUT2D eigenvalue weighted by Gasteiger charge is 2.03. The summed E-state index contributed by atoms with van der Waals surface area (Å²) in [5.74, 6) is 0. The Kier molecular flexibility index (Phi) is 6.33. The minimum atomic E-state index is 0.599. The third kappa shape index (κ3) is 4.21. The summed E-state index contributed by atoms with van der Waals surface area (Å²) in [7, 11) is 1.66. The molecule has 2 aromatic rings. The highest BCUT2D eigenvalue weighted by molar-refractivity contribution is 6.35. The van der Waals surface area contributed by atoms with Crippen molar-refractivity contribution in [2.45, 2.75) is 6.54 Å². The highest BCUT2D eigenvalue weighted by Crippen LogP contribution is 2.23. The number of hydrogen-bond donors (Lipinski definition) is 0. The maximum absolute atomic E-state index is 6.14. The molecule has 0 aliphatic carbocycles. The molecule has 2 rings (SSSR count). The van der Waals surface area contributed by atoms with Gasteiger partial charge in [0.1, 0.15) is 0 Å². The van der Waals surface area contributed by atoms with Crippen molar-refractivity contribution in [2.24, 2.45) is 0 Å². The normalized spacial score (nSPS) is 11.3. The van der Waals surface area contributed by atoms with Crippen LogP contribution in [-0.2, 0) is 20.8 Å². The van der Waals surface area contributed by atoms with Gasteiger partial charge in [0.25, 0.3) is 0 Å². The molecule has 20 heavy (non-hydrogen) atoms. The van der Waals surface area contributed by atoms with Gasteiger partial charge < -0.3 is 18.8 Å². The Labute approximate surface area is 124 Å². The van der Waals surface area contributed by atoms with Gasteiger partial charge in [0.15, 0.2) is 0 Å². The zero-order chi connectivity index (χ0) is 14.2. The molecular formula is C15H20ClNO3. The van der Waals surface area contributed by atoms with Crippen LogP contribution in [0.2, 0.25) is 5.02 Å². The summed E-state index contributed by atoms with van der Waals surface area (Å²) in [6, 6.07) is 7.97. The van der Waals surface area contributed by atoms with Crippen LogP contribution in [0.15, 0.2) is 30.5 Å². The molecule has 0 aliphatic rings. The van der Waals surface area contributed by atoms with E-state index < -0.39 is 0 Å². The fourth-order valence-corrected chi connectivity index (χ4v) is 2.24. The van der Waals surface area contributed by atoms with Gasteiger partial charge in [-0.15, -0.1) is 0 Å². The lowest BCUT2D eigenvalue weighted by Crippen LogP contribution is -2.11. The van der Waals surface area contributed by atoms with E-state index in [9.17, 15) is 0 Å². The van der Waals surface area contributed by atoms with E-state index in [4.69, 9.17) is 25.8 Å². The summed E-state index contributed by atoms with van der Waals surface area (Å²) in [6.07, 6.45) is 2.04. The van der Waals surface area contributed by atoms with E-state index >= 15 is 0 Å². The van der Waals surface area contributed by atoms with E-state index in [1.54, 1.807) is 7.11 Å². The van der Waals surface area contributed by atoms with Crippen LogP contribution in [0.4, 0.5) is 0 Å². The molecule has 5 heteroatoms. The lowest BCUT2D eigenvalue weighted by atomic mass is 10.2. The minimum absolute atomic E-state index is 0.599. The van der Waals surface area contributed by atoms with Crippen molar-refractivity contribution in [2.75, 3.05) is 40.1 Å². The smallest absolute Gasteiger partial charge is 0.0701 e. The van der Waals surface area contributed by atoms with Crippen molar-refractivity contribution < 1.29 is 14.2 Å². The van der Waals surface area contributed by atoms with Crippen LogP contribution in [0, 0.1) is 0 Å². The van der Waals surface area contributed by atoms with Gasteiger partial charge in [-0.3, -0.25) is 0 Å². The number of aromatic nitrogens is 1. The van der Waals surface area contributed by atoms with Crippen LogP contribution in [-0.4, -0.2) is 44.7 Å². The summed E-state index contributed by atoms with van der Waals surface area (Å²) in [6.45, 7) is 3.90. The van der Waals surface area contributed by atoms with E-state index in [1.807, 2.05) is 24.4 Å². The topological polar surface area (TPSA) is 32.6 Å². The van der Waals surface area contributed by atoms with Crippen molar-refractivity contribution in [1.29, 1.82) is 0 Å². The molecule has 1 aromatic heterocycles. The number of halogens is 1. The molecule has 0 atom stereocenters. The van der Waals surface area contributed by atoms with Crippen LogP contribution in [0.5, 0.6) is 0 Å². The third-order valence-corrected chi connectivity index (χ3v) is 3.37. The third-order valence-electron chi connectivity index (χ3n) is 3.04. The van der Waals surface area contributed by atoms with Crippen molar-refractivity contribution in [1.82, 2.24) is 4.57 Å². The Balaban J connectivity index is 1.70. The second-order valence-electron chi connectivity index (χ2n) is 4.40. The first kappa shape index (κ1) is 15.3. The predicted octanol–water partition coefficient (Wildman–Crippen LogP) is 2.97. The summed E-state index contributed by atoms with van der Waals surface area (Å²) in [5.41, 5.74) is 1.14. The van der Waals surface area contributed by atoms with E-state index in [0.717, 1.165) is 22.5 Å². The lowest BCUT2D eigenvalue weighted by molar-refractivity contribution is 0.0232. The Morgan fingerprint density at radius 2 is 1.75 bits per heavy atom. The van der Waals surface area contributed by atoms with E-state index in [1.165, 1.54) is 0 Å².